The van der Waals surface area contributed by atoms with Gasteiger partial charge >= 0.3 is 0 Å². The summed E-state index contributed by atoms with van der Waals surface area (Å²) in [6.07, 6.45) is 0. The van der Waals surface area contributed by atoms with E-state index in [1.807, 2.05) is 6.07 Å². The van der Waals surface area contributed by atoms with E-state index in [0.717, 1.165) is 17.5 Å². The first-order chi connectivity index (χ1) is 10.8. The van der Waals surface area contributed by atoms with Crippen LogP contribution in [0.1, 0.15) is 11.1 Å². The molecule has 8 heteroatoms. The molecular weight excluding hydrogens is 387 g/mol. The van der Waals surface area contributed by atoms with Gasteiger partial charge < -0.3 is 10.5 Å². The zero-order valence-electron chi connectivity index (χ0n) is 11.4. The van der Waals surface area contributed by atoms with Crippen LogP contribution in [0.25, 0.3) is 5.70 Å². The van der Waals surface area contributed by atoms with Crippen LogP contribution in [0.2, 0.25) is 0 Å². The van der Waals surface area contributed by atoms with E-state index in [4.69, 9.17) is 15.7 Å². The Morgan fingerprint density at radius 3 is 2.70 bits per heavy atom. The van der Waals surface area contributed by atoms with Gasteiger partial charge in [-0.1, -0.05) is 0 Å². The number of nitrogens with two attached hydrogens (primary N) is 1. The van der Waals surface area contributed by atoms with Crippen LogP contribution >= 0.6 is 15.9 Å². The fourth-order valence-electron chi connectivity index (χ4n) is 2.23. The number of halogens is 2. The molecule has 0 saturated heterocycles. The molecule has 1 aliphatic heterocycles. The van der Waals surface area contributed by atoms with Crippen LogP contribution in [0.15, 0.2) is 45.1 Å². The average Bonchev–Trinajstić information content (AvgIpc) is 2.71. The molecule has 1 aliphatic rings. The Morgan fingerprint density at radius 1 is 1.26 bits per heavy atom. The lowest BCUT2D eigenvalue weighted by Crippen LogP contribution is -1.98. The summed E-state index contributed by atoms with van der Waals surface area (Å²) in [5.41, 5.74) is 6.26. The normalized spacial score (nSPS) is 14.7. The van der Waals surface area contributed by atoms with Crippen molar-refractivity contribution in [2.75, 3.05) is 0 Å². The van der Waals surface area contributed by atoms with Crippen molar-refractivity contribution in [1.82, 2.24) is 0 Å². The highest BCUT2D eigenvalue weighted by atomic mass is 79.9. The molecule has 0 atom stereocenters. The fourth-order valence-corrected chi connectivity index (χ4v) is 4.35. The van der Waals surface area contributed by atoms with E-state index < -0.39 is 15.7 Å². The molecule has 0 aromatic heterocycles. The second-order valence-electron chi connectivity index (χ2n) is 4.76. The van der Waals surface area contributed by atoms with Gasteiger partial charge in [0.25, 0.3) is 0 Å². The van der Waals surface area contributed by atoms with Gasteiger partial charge in [-0.15, -0.1) is 0 Å². The molecule has 0 saturated carbocycles. The minimum absolute atomic E-state index is 0.0752. The van der Waals surface area contributed by atoms with Crippen molar-refractivity contribution in [3.05, 3.63) is 57.2 Å². The Hall–Kier alpha value is -2.37. The van der Waals surface area contributed by atoms with Crippen LogP contribution in [0.4, 0.5) is 4.39 Å². The Kier molecular flexibility index (Phi) is 3.62. The van der Waals surface area contributed by atoms with Gasteiger partial charge in [-0.05, 0) is 40.2 Å². The molecule has 2 aromatic rings. The SMILES string of the molecule is N#Cc1cc(F)cc(Oc2ccc3c(c2Br)C(N)=CS3(=O)=O)c1. The predicted molar refractivity (Wildman–Crippen MR) is 84.7 cm³/mol. The quantitative estimate of drug-likeness (QED) is 0.842. The maximum Gasteiger partial charge on any atom is 0.202 e. The summed E-state index contributed by atoms with van der Waals surface area (Å²) in [7, 11) is -3.56. The van der Waals surface area contributed by atoms with Gasteiger partial charge in [0.15, 0.2) is 0 Å². The summed E-state index contributed by atoms with van der Waals surface area (Å²) in [6.45, 7) is 0. The second-order valence-corrected chi connectivity index (χ2v) is 7.32. The molecule has 23 heavy (non-hydrogen) atoms. The van der Waals surface area contributed by atoms with Gasteiger partial charge in [0.05, 0.1) is 32.1 Å². The first-order valence-corrected chi connectivity index (χ1v) is 8.59. The van der Waals surface area contributed by atoms with Crippen LogP contribution in [-0.2, 0) is 9.84 Å². The number of sulfone groups is 1. The first-order valence-electron chi connectivity index (χ1n) is 6.25. The van der Waals surface area contributed by atoms with E-state index in [9.17, 15) is 12.8 Å². The van der Waals surface area contributed by atoms with Gasteiger partial charge in [0, 0.05) is 11.6 Å². The minimum atomic E-state index is -3.56. The number of benzene rings is 2. The standard InChI is InChI=1S/C15H8BrFN2O3S/c16-15-12(22-10-4-8(6-18)3-9(17)5-10)1-2-13-14(15)11(19)7-23(13,20)21/h1-5,7H,19H2. The Balaban J connectivity index is 2.08. The summed E-state index contributed by atoms with van der Waals surface area (Å²) in [5, 5.41) is 9.83. The smallest absolute Gasteiger partial charge is 0.202 e. The van der Waals surface area contributed by atoms with E-state index in [0.29, 0.717) is 10.0 Å². The fraction of sp³-hybridized carbons (Fsp3) is 0. The monoisotopic (exact) mass is 394 g/mol. The summed E-state index contributed by atoms with van der Waals surface area (Å²) < 4.78 is 43.2. The van der Waals surface area contributed by atoms with Crippen molar-refractivity contribution < 1.29 is 17.5 Å². The van der Waals surface area contributed by atoms with Gasteiger partial charge in [-0.3, -0.25) is 0 Å². The molecule has 2 N–H and O–H groups in total. The number of nitriles is 1. The maximum absolute atomic E-state index is 13.4. The summed E-state index contributed by atoms with van der Waals surface area (Å²) in [6, 6.07) is 8.21. The predicted octanol–water partition coefficient (Wildman–Crippen LogP) is 3.30. The second kappa shape index (κ2) is 5.37. The highest BCUT2D eigenvalue weighted by Gasteiger charge is 2.29. The number of hydrogen-bond donors (Lipinski definition) is 1. The van der Waals surface area contributed by atoms with E-state index in [1.54, 1.807) is 0 Å². The molecule has 1 heterocycles. The molecule has 0 amide bonds. The zero-order chi connectivity index (χ0) is 16.8. The molecule has 0 bridgehead atoms. The van der Waals surface area contributed by atoms with Crippen LogP contribution in [-0.4, -0.2) is 8.42 Å². The largest absolute Gasteiger partial charge is 0.456 e. The third-order valence-corrected chi connectivity index (χ3v) is 5.48. The van der Waals surface area contributed by atoms with E-state index in [1.165, 1.54) is 18.2 Å². The maximum atomic E-state index is 13.4. The molecule has 0 spiro atoms. The highest BCUT2D eigenvalue weighted by Crippen LogP contribution is 2.42. The Bertz CT molecular complexity index is 1010. The van der Waals surface area contributed by atoms with Gasteiger partial charge in [0.2, 0.25) is 9.84 Å². The van der Waals surface area contributed by atoms with Crippen molar-refractivity contribution in [3.63, 3.8) is 0 Å². The average molecular weight is 395 g/mol. The lowest BCUT2D eigenvalue weighted by molar-refractivity contribution is 0.473. The number of fused-ring (bicyclic) bond motifs is 1. The van der Waals surface area contributed by atoms with Crippen LogP contribution in [0.5, 0.6) is 11.5 Å². The molecule has 2 aromatic carbocycles. The van der Waals surface area contributed by atoms with E-state index in [-0.39, 0.29) is 27.7 Å². The van der Waals surface area contributed by atoms with Gasteiger partial charge in [-0.25, -0.2) is 12.8 Å². The number of hydrogen-bond acceptors (Lipinski definition) is 5. The summed E-state index contributed by atoms with van der Waals surface area (Å²) >= 11 is 3.27. The van der Waals surface area contributed by atoms with Crippen molar-refractivity contribution in [2.45, 2.75) is 4.90 Å². The van der Waals surface area contributed by atoms with Crippen LogP contribution < -0.4 is 10.5 Å². The van der Waals surface area contributed by atoms with Gasteiger partial charge in [0.1, 0.15) is 17.3 Å². The summed E-state index contributed by atoms with van der Waals surface area (Å²) in [5.74, 6) is -0.240. The Labute approximate surface area is 139 Å². The minimum Gasteiger partial charge on any atom is -0.456 e. The number of nitrogens with zero attached hydrogens (tertiary/aromatic N) is 1. The number of ether oxygens (including phenoxy) is 1. The van der Waals surface area contributed by atoms with Crippen molar-refractivity contribution in [1.29, 1.82) is 5.26 Å². The molecule has 0 aliphatic carbocycles. The van der Waals surface area contributed by atoms with Crippen molar-refractivity contribution >= 4 is 31.5 Å². The molecule has 0 radical (unpaired) electrons. The molecular formula is C15H8BrFN2O3S. The lowest BCUT2D eigenvalue weighted by Gasteiger charge is -2.11. The molecule has 0 unspecified atom stereocenters. The third-order valence-electron chi connectivity index (χ3n) is 3.17. The summed E-state index contributed by atoms with van der Waals surface area (Å²) in [4.78, 5) is 0.0752. The molecule has 0 fully saturated rings. The van der Waals surface area contributed by atoms with Gasteiger partial charge in [-0.2, -0.15) is 5.26 Å². The third kappa shape index (κ3) is 2.69. The number of rotatable bonds is 2. The lowest BCUT2D eigenvalue weighted by atomic mass is 10.1. The van der Waals surface area contributed by atoms with Crippen molar-refractivity contribution in [3.8, 4) is 17.6 Å². The molecule has 5 nitrogen and oxygen atoms in total. The van der Waals surface area contributed by atoms with Crippen molar-refractivity contribution in [2.24, 2.45) is 5.73 Å². The molecule has 3 rings (SSSR count). The molecule has 116 valence electrons. The van der Waals surface area contributed by atoms with Crippen LogP contribution in [0.3, 0.4) is 0 Å². The zero-order valence-corrected chi connectivity index (χ0v) is 13.8. The first kappa shape index (κ1) is 15.5. The topological polar surface area (TPSA) is 93.2 Å². The highest BCUT2D eigenvalue weighted by molar-refractivity contribution is 9.10. The van der Waals surface area contributed by atoms with Crippen LogP contribution in [0, 0.1) is 17.1 Å². The van der Waals surface area contributed by atoms with E-state index >= 15 is 0 Å². The Morgan fingerprint density at radius 2 is 2.00 bits per heavy atom. The van der Waals surface area contributed by atoms with E-state index in [2.05, 4.69) is 15.9 Å².